The lowest BCUT2D eigenvalue weighted by molar-refractivity contribution is -0.112. The molecule has 7 nitrogen and oxygen atoms in total. The van der Waals surface area contributed by atoms with E-state index in [0.29, 0.717) is 11.3 Å². The molecular formula is C22H22N6O. The topological polar surface area (TPSA) is 103 Å². The van der Waals surface area contributed by atoms with E-state index in [0.717, 1.165) is 38.6 Å². The summed E-state index contributed by atoms with van der Waals surface area (Å²) in [6.07, 6.45) is 5.26. The molecule has 0 aliphatic carbocycles. The van der Waals surface area contributed by atoms with Crippen molar-refractivity contribution in [2.24, 2.45) is 5.84 Å². The molecule has 0 unspecified atom stereocenters. The Balaban J connectivity index is 1.75. The van der Waals surface area contributed by atoms with Crippen molar-refractivity contribution in [2.45, 2.75) is 6.92 Å². The van der Waals surface area contributed by atoms with Gasteiger partial charge in [0.15, 0.2) is 0 Å². The lowest BCUT2D eigenvalue weighted by Crippen LogP contribution is -2.24. The molecule has 0 spiro atoms. The standard InChI is InChI=1S/C22H22N6O/c1-13(9-14(2)28(3)23)22(29)26-20-10-15(11-21-18(20)12-25-27-21)16-5-4-6-19-17(16)7-8-24-19/h4-12,24H,1,23H2,2-3H3,(H,25,27)(H,26,29)/b14-9-. The Bertz CT molecular complexity index is 1260. The van der Waals surface area contributed by atoms with Crippen molar-refractivity contribution in [1.29, 1.82) is 0 Å². The first-order valence-electron chi connectivity index (χ1n) is 9.14. The number of carbonyl (C=O) groups is 1. The zero-order valence-corrected chi connectivity index (χ0v) is 16.3. The molecule has 7 heteroatoms. The predicted molar refractivity (Wildman–Crippen MR) is 117 cm³/mol. The molecule has 2 aromatic carbocycles. The number of rotatable bonds is 5. The average Bonchev–Trinajstić information content (AvgIpc) is 3.36. The number of hydrogen-bond acceptors (Lipinski definition) is 4. The molecule has 4 aromatic rings. The molecule has 0 radical (unpaired) electrons. The number of hydrogen-bond donors (Lipinski definition) is 4. The van der Waals surface area contributed by atoms with Crippen molar-refractivity contribution in [3.05, 3.63) is 72.7 Å². The maximum absolute atomic E-state index is 12.7. The van der Waals surface area contributed by atoms with Gasteiger partial charge in [-0.15, -0.1) is 0 Å². The predicted octanol–water partition coefficient (Wildman–Crippen LogP) is 3.92. The number of amides is 1. The second kappa shape index (κ2) is 7.29. The second-order valence-electron chi connectivity index (χ2n) is 6.98. The average molecular weight is 386 g/mol. The summed E-state index contributed by atoms with van der Waals surface area (Å²) in [4.78, 5) is 15.9. The highest BCUT2D eigenvalue weighted by atomic mass is 16.1. The van der Waals surface area contributed by atoms with Gasteiger partial charge in [0.2, 0.25) is 0 Å². The van der Waals surface area contributed by atoms with Crippen molar-refractivity contribution >= 4 is 33.4 Å². The van der Waals surface area contributed by atoms with Gasteiger partial charge in [0, 0.05) is 40.8 Å². The number of nitrogens with two attached hydrogens (primary N) is 1. The summed E-state index contributed by atoms with van der Waals surface area (Å²) in [5.41, 5.74) is 5.64. The molecule has 29 heavy (non-hydrogen) atoms. The van der Waals surface area contributed by atoms with E-state index in [2.05, 4.69) is 33.1 Å². The van der Waals surface area contributed by atoms with Gasteiger partial charge in [0.25, 0.3) is 5.91 Å². The summed E-state index contributed by atoms with van der Waals surface area (Å²) in [6, 6.07) is 12.1. The number of nitrogens with zero attached hydrogens (tertiary/aromatic N) is 2. The van der Waals surface area contributed by atoms with Gasteiger partial charge in [0.1, 0.15) is 0 Å². The van der Waals surface area contributed by atoms with Gasteiger partial charge in [-0.25, -0.2) is 5.84 Å². The third-order valence-corrected chi connectivity index (χ3v) is 4.94. The first kappa shape index (κ1) is 18.5. The van der Waals surface area contributed by atoms with Crippen LogP contribution in [0.25, 0.3) is 32.9 Å². The molecule has 2 heterocycles. The number of H-pyrrole nitrogens is 2. The molecule has 0 bridgehead atoms. The Hall–Kier alpha value is -3.84. The summed E-state index contributed by atoms with van der Waals surface area (Å²) in [6.45, 7) is 5.67. The van der Waals surface area contributed by atoms with E-state index in [-0.39, 0.29) is 5.91 Å². The summed E-state index contributed by atoms with van der Waals surface area (Å²) < 4.78 is 0. The number of anilines is 1. The number of carbonyl (C=O) groups excluding carboxylic acids is 1. The van der Waals surface area contributed by atoms with Gasteiger partial charge in [-0.2, -0.15) is 5.10 Å². The highest BCUT2D eigenvalue weighted by molar-refractivity contribution is 6.11. The molecule has 0 saturated carbocycles. The van der Waals surface area contributed by atoms with E-state index < -0.39 is 0 Å². The van der Waals surface area contributed by atoms with Crippen LogP contribution >= 0.6 is 0 Å². The number of aromatic nitrogens is 3. The molecule has 5 N–H and O–H groups in total. The Morgan fingerprint density at radius 2 is 2.07 bits per heavy atom. The first-order chi connectivity index (χ1) is 13.9. The molecule has 2 aromatic heterocycles. The first-order valence-corrected chi connectivity index (χ1v) is 9.14. The van der Waals surface area contributed by atoms with Crippen LogP contribution in [0.1, 0.15) is 6.92 Å². The largest absolute Gasteiger partial charge is 0.361 e. The van der Waals surface area contributed by atoms with Gasteiger partial charge >= 0.3 is 0 Å². The highest BCUT2D eigenvalue weighted by Gasteiger charge is 2.13. The van der Waals surface area contributed by atoms with Crippen LogP contribution in [0, 0.1) is 0 Å². The van der Waals surface area contributed by atoms with Gasteiger partial charge < -0.3 is 15.3 Å². The zero-order chi connectivity index (χ0) is 20.5. The normalized spacial score (nSPS) is 11.8. The number of aromatic amines is 2. The van der Waals surface area contributed by atoms with Gasteiger partial charge in [-0.1, -0.05) is 18.7 Å². The van der Waals surface area contributed by atoms with Gasteiger partial charge in [-0.05, 0) is 48.4 Å². The van der Waals surface area contributed by atoms with Crippen LogP contribution in [-0.4, -0.2) is 33.1 Å². The Labute approximate surface area is 167 Å². The van der Waals surface area contributed by atoms with Crippen LogP contribution < -0.4 is 11.2 Å². The fraction of sp³-hybridized carbons (Fsp3) is 0.0909. The Morgan fingerprint density at radius 3 is 2.86 bits per heavy atom. The minimum Gasteiger partial charge on any atom is -0.361 e. The van der Waals surface area contributed by atoms with Crippen LogP contribution in [0.5, 0.6) is 0 Å². The smallest absolute Gasteiger partial charge is 0.255 e. The highest BCUT2D eigenvalue weighted by Crippen LogP contribution is 2.34. The molecule has 0 saturated heterocycles. The molecule has 4 rings (SSSR count). The zero-order valence-electron chi connectivity index (χ0n) is 16.3. The molecule has 0 atom stereocenters. The molecule has 1 amide bonds. The SMILES string of the molecule is C=C(/C=C(/C)N(C)N)C(=O)Nc1cc(-c2cccc3[nH]ccc23)cc2[nH]ncc12. The number of benzene rings is 2. The van der Waals surface area contributed by atoms with Crippen LogP contribution in [-0.2, 0) is 4.79 Å². The van der Waals surface area contributed by atoms with E-state index in [1.54, 1.807) is 19.3 Å². The number of allylic oxidation sites excluding steroid dienone is 1. The minimum atomic E-state index is -0.300. The summed E-state index contributed by atoms with van der Waals surface area (Å²) in [5.74, 6) is 5.40. The third-order valence-electron chi connectivity index (χ3n) is 4.94. The Kier molecular flexibility index (Phi) is 4.66. The monoisotopic (exact) mass is 386 g/mol. The van der Waals surface area contributed by atoms with E-state index in [1.165, 1.54) is 5.01 Å². The van der Waals surface area contributed by atoms with Crippen LogP contribution in [0.4, 0.5) is 5.69 Å². The fourth-order valence-electron chi connectivity index (χ4n) is 3.27. The summed E-state index contributed by atoms with van der Waals surface area (Å²) in [7, 11) is 1.71. The molecule has 0 aliphatic rings. The van der Waals surface area contributed by atoms with E-state index in [9.17, 15) is 4.79 Å². The molecular weight excluding hydrogens is 364 g/mol. The van der Waals surface area contributed by atoms with Crippen molar-refractivity contribution in [3.63, 3.8) is 0 Å². The third kappa shape index (κ3) is 3.51. The van der Waals surface area contributed by atoms with Crippen LogP contribution in [0.15, 0.2) is 72.7 Å². The molecule has 146 valence electrons. The maximum Gasteiger partial charge on any atom is 0.255 e. The van der Waals surface area contributed by atoms with Crippen molar-refractivity contribution in [1.82, 2.24) is 20.2 Å². The molecule has 0 fully saturated rings. The number of fused-ring (bicyclic) bond motifs is 2. The number of hydrazine groups is 1. The molecule has 0 aliphatic heterocycles. The lowest BCUT2D eigenvalue weighted by atomic mass is 9.99. The summed E-state index contributed by atoms with van der Waals surface area (Å²) >= 11 is 0. The van der Waals surface area contributed by atoms with Crippen LogP contribution in [0.3, 0.4) is 0 Å². The van der Waals surface area contributed by atoms with Gasteiger partial charge in [0.05, 0.1) is 17.4 Å². The van der Waals surface area contributed by atoms with E-state index in [1.807, 2.05) is 43.5 Å². The summed E-state index contributed by atoms with van der Waals surface area (Å²) in [5, 5.41) is 13.5. The van der Waals surface area contributed by atoms with Crippen molar-refractivity contribution < 1.29 is 4.79 Å². The second-order valence-corrected chi connectivity index (χ2v) is 6.98. The van der Waals surface area contributed by atoms with Crippen LogP contribution in [0.2, 0.25) is 0 Å². The van der Waals surface area contributed by atoms with Crippen molar-refractivity contribution in [2.75, 3.05) is 12.4 Å². The fourth-order valence-corrected chi connectivity index (χ4v) is 3.27. The lowest BCUT2D eigenvalue weighted by Gasteiger charge is -2.13. The quantitative estimate of drug-likeness (QED) is 0.181. The van der Waals surface area contributed by atoms with E-state index >= 15 is 0 Å². The maximum atomic E-state index is 12.7. The minimum absolute atomic E-state index is 0.300. The van der Waals surface area contributed by atoms with Gasteiger partial charge in [-0.3, -0.25) is 9.89 Å². The number of nitrogens with one attached hydrogen (secondary N) is 3. The Morgan fingerprint density at radius 1 is 1.24 bits per heavy atom. The van der Waals surface area contributed by atoms with E-state index in [4.69, 9.17) is 5.84 Å². The van der Waals surface area contributed by atoms with Crippen molar-refractivity contribution in [3.8, 4) is 11.1 Å².